The molecule has 1 N–H and O–H groups in total. The van der Waals surface area contributed by atoms with Crippen molar-refractivity contribution >= 4 is 0 Å². The molecule has 1 aromatic rings. The number of hydrogen-bond donors (Lipinski definition) is 1. The first-order valence-corrected chi connectivity index (χ1v) is 8.12. The number of aromatic nitrogens is 2. The van der Waals surface area contributed by atoms with Crippen LogP contribution in [0.25, 0.3) is 0 Å². The van der Waals surface area contributed by atoms with Gasteiger partial charge in [0.05, 0.1) is 0 Å². The molecule has 0 radical (unpaired) electrons. The lowest BCUT2D eigenvalue weighted by molar-refractivity contribution is 0.0732. The van der Waals surface area contributed by atoms with Crippen molar-refractivity contribution in [2.24, 2.45) is 5.92 Å². The van der Waals surface area contributed by atoms with E-state index >= 15 is 0 Å². The SMILES string of the molecule is CC(C)N1CCCC(Cc2ncc3n2C(O)CCC3)C1. The molecule has 0 aliphatic carbocycles. The van der Waals surface area contributed by atoms with Gasteiger partial charge in [-0.2, -0.15) is 0 Å². The summed E-state index contributed by atoms with van der Waals surface area (Å²) in [5, 5.41) is 10.2. The van der Waals surface area contributed by atoms with Crippen molar-refractivity contribution in [3.8, 4) is 0 Å². The Kier molecular flexibility index (Phi) is 4.13. The van der Waals surface area contributed by atoms with Crippen LogP contribution in [-0.2, 0) is 12.8 Å². The van der Waals surface area contributed by atoms with Crippen LogP contribution >= 0.6 is 0 Å². The largest absolute Gasteiger partial charge is 0.373 e. The maximum atomic E-state index is 10.2. The van der Waals surface area contributed by atoms with Crippen LogP contribution in [0.4, 0.5) is 0 Å². The van der Waals surface area contributed by atoms with Crippen molar-refractivity contribution in [3.63, 3.8) is 0 Å². The zero-order valence-electron chi connectivity index (χ0n) is 12.8. The number of hydrogen-bond acceptors (Lipinski definition) is 3. The fourth-order valence-electron chi connectivity index (χ4n) is 3.72. The van der Waals surface area contributed by atoms with Gasteiger partial charge in [0.2, 0.25) is 0 Å². The number of aliphatic hydroxyl groups is 1. The van der Waals surface area contributed by atoms with Crippen molar-refractivity contribution < 1.29 is 5.11 Å². The number of piperidine rings is 1. The first kappa shape index (κ1) is 14.1. The highest BCUT2D eigenvalue weighted by Crippen LogP contribution is 2.28. The van der Waals surface area contributed by atoms with Crippen molar-refractivity contribution in [3.05, 3.63) is 17.7 Å². The molecule has 1 saturated heterocycles. The lowest BCUT2D eigenvalue weighted by Gasteiger charge is -2.35. The minimum absolute atomic E-state index is 0.346. The van der Waals surface area contributed by atoms with Crippen LogP contribution in [0.5, 0.6) is 0 Å². The van der Waals surface area contributed by atoms with Crippen molar-refractivity contribution in [1.29, 1.82) is 0 Å². The second kappa shape index (κ2) is 5.86. The van der Waals surface area contributed by atoms with E-state index in [1.165, 1.54) is 31.6 Å². The van der Waals surface area contributed by atoms with Gasteiger partial charge < -0.3 is 14.6 Å². The van der Waals surface area contributed by atoms with Gasteiger partial charge in [0, 0.05) is 30.9 Å². The van der Waals surface area contributed by atoms with Gasteiger partial charge >= 0.3 is 0 Å². The number of fused-ring (bicyclic) bond motifs is 1. The van der Waals surface area contributed by atoms with Crippen molar-refractivity contribution in [1.82, 2.24) is 14.5 Å². The molecule has 2 atom stereocenters. The van der Waals surface area contributed by atoms with E-state index in [-0.39, 0.29) is 6.23 Å². The lowest BCUT2D eigenvalue weighted by Crippen LogP contribution is -2.40. The maximum absolute atomic E-state index is 10.2. The van der Waals surface area contributed by atoms with Gasteiger partial charge in [-0.15, -0.1) is 0 Å². The standard InChI is InChI=1S/C16H27N3O/c1-12(2)18-8-4-5-13(11-18)9-15-17-10-14-6-3-7-16(20)19(14)15/h10,12-13,16,20H,3-9,11H2,1-2H3. The molecule has 1 fully saturated rings. The third kappa shape index (κ3) is 2.77. The summed E-state index contributed by atoms with van der Waals surface area (Å²) < 4.78 is 2.10. The summed E-state index contributed by atoms with van der Waals surface area (Å²) in [5.41, 5.74) is 1.22. The number of rotatable bonds is 3. The van der Waals surface area contributed by atoms with Crippen molar-refractivity contribution in [2.75, 3.05) is 13.1 Å². The highest BCUT2D eigenvalue weighted by Gasteiger charge is 2.26. The molecule has 4 heteroatoms. The molecule has 20 heavy (non-hydrogen) atoms. The molecule has 4 nitrogen and oxygen atoms in total. The zero-order chi connectivity index (χ0) is 14.1. The van der Waals surface area contributed by atoms with Gasteiger partial charge in [0.15, 0.2) is 0 Å². The van der Waals surface area contributed by atoms with E-state index in [1.54, 1.807) is 0 Å². The lowest BCUT2D eigenvalue weighted by atomic mass is 9.93. The normalized spacial score (nSPS) is 27.8. The van der Waals surface area contributed by atoms with E-state index in [2.05, 4.69) is 28.3 Å². The van der Waals surface area contributed by atoms with Crippen molar-refractivity contribution in [2.45, 2.75) is 64.6 Å². The summed E-state index contributed by atoms with van der Waals surface area (Å²) >= 11 is 0. The van der Waals surface area contributed by atoms with Gasteiger partial charge in [-0.1, -0.05) is 0 Å². The number of nitrogens with zero attached hydrogens (tertiary/aromatic N) is 3. The Hall–Kier alpha value is -0.870. The molecule has 3 rings (SSSR count). The average Bonchev–Trinajstić information content (AvgIpc) is 2.84. The fourth-order valence-corrected chi connectivity index (χ4v) is 3.72. The number of imidazole rings is 1. The average molecular weight is 277 g/mol. The minimum Gasteiger partial charge on any atom is -0.373 e. The second-order valence-corrected chi connectivity index (χ2v) is 6.71. The summed E-state index contributed by atoms with van der Waals surface area (Å²) in [6.45, 7) is 6.97. The van der Waals surface area contributed by atoms with Crippen LogP contribution in [-0.4, -0.2) is 38.7 Å². The van der Waals surface area contributed by atoms with Gasteiger partial charge in [-0.3, -0.25) is 0 Å². The minimum atomic E-state index is -0.346. The summed E-state index contributed by atoms with van der Waals surface area (Å²) in [7, 11) is 0. The van der Waals surface area contributed by atoms with E-state index in [1.807, 2.05) is 6.20 Å². The van der Waals surface area contributed by atoms with Gasteiger partial charge in [0.25, 0.3) is 0 Å². The molecule has 2 aliphatic heterocycles. The third-order valence-corrected chi connectivity index (χ3v) is 4.90. The molecule has 0 amide bonds. The predicted molar refractivity (Wildman–Crippen MR) is 79.6 cm³/mol. The Morgan fingerprint density at radius 3 is 3.00 bits per heavy atom. The first-order valence-electron chi connectivity index (χ1n) is 8.12. The molecule has 0 bridgehead atoms. The Morgan fingerprint density at radius 2 is 2.20 bits per heavy atom. The third-order valence-electron chi connectivity index (χ3n) is 4.90. The second-order valence-electron chi connectivity index (χ2n) is 6.71. The Labute approximate surface area is 121 Å². The van der Waals surface area contributed by atoms with Crippen LogP contribution in [0.1, 0.15) is 57.3 Å². The van der Waals surface area contributed by atoms with E-state index in [9.17, 15) is 5.11 Å². The quantitative estimate of drug-likeness (QED) is 0.922. The van der Waals surface area contributed by atoms with E-state index in [4.69, 9.17) is 0 Å². The fraction of sp³-hybridized carbons (Fsp3) is 0.812. The molecular formula is C16H27N3O. The molecule has 2 unspecified atom stereocenters. The molecular weight excluding hydrogens is 250 g/mol. The van der Waals surface area contributed by atoms with Gasteiger partial charge in [0.1, 0.15) is 12.1 Å². The topological polar surface area (TPSA) is 41.3 Å². The van der Waals surface area contributed by atoms with E-state index in [0.717, 1.165) is 31.5 Å². The molecule has 0 aromatic carbocycles. The zero-order valence-corrected chi connectivity index (χ0v) is 12.8. The molecule has 0 spiro atoms. The number of aryl methyl sites for hydroxylation is 1. The van der Waals surface area contributed by atoms with Crippen LogP contribution in [0.2, 0.25) is 0 Å². The summed E-state index contributed by atoms with van der Waals surface area (Å²) in [4.78, 5) is 7.17. The maximum Gasteiger partial charge on any atom is 0.132 e. The molecule has 1 aromatic heterocycles. The molecule has 2 aliphatic rings. The molecule has 3 heterocycles. The number of aliphatic hydroxyl groups excluding tert-OH is 1. The first-order chi connectivity index (χ1) is 9.65. The summed E-state index contributed by atoms with van der Waals surface area (Å²) in [5.74, 6) is 1.79. The monoisotopic (exact) mass is 277 g/mol. The van der Waals surface area contributed by atoms with Crippen LogP contribution in [0.15, 0.2) is 6.20 Å². The van der Waals surface area contributed by atoms with E-state index in [0.29, 0.717) is 12.0 Å². The van der Waals surface area contributed by atoms with Crippen LogP contribution in [0, 0.1) is 5.92 Å². The summed E-state index contributed by atoms with van der Waals surface area (Å²) in [6.07, 6.45) is 8.24. The number of likely N-dealkylation sites (tertiary alicyclic amines) is 1. The highest BCUT2D eigenvalue weighted by molar-refractivity contribution is 5.10. The van der Waals surface area contributed by atoms with Gasteiger partial charge in [-0.05, 0) is 58.4 Å². The predicted octanol–water partition coefficient (Wildman–Crippen LogP) is 2.37. The van der Waals surface area contributed by atoms with E-state index < -0.39 is 0 Å². The summed E-state index contributed by atoms with van der Waals surface area (Å²) in [6, 6.07) is 0.637. The highest BCUT2D eigenvalue weighted by atomic mass is 16.3. The van der Waals surface area contributed by atoms with Crippen LogP contribution in [0.3, 0.4) is 0 Å². The smallest absolute Gasteiger partial charge is 0.132 e. The van der Waals surface area contributed by atoms with Gasteiger partial charge in [-0.25, -0.2) is 4.98 Å². The Bertz CT molecular complexity index is 455. The van der Waals surface area contributed by atoms with Crippen LogP contribution < -0.4 is 0 Å². The Morgan fingerprint density at radius 1 is 1.35 bits per heavy atom. The Balaban J connectivity index is 1.70. The molecule has 112 valence electrons. The molecule has 0 saturated carbocycles.